The highest BCUT2D eigenvalue weighted by Crippen LogP contribution is 2.30. The van der Waals surface area contributed by atoms with Gasteiger partial charge in [-0.3, -0.25) is 8.98 Å². The third-order valence-electron chi connectivity index (χ3n) is 4.11. The summed E-state index contributed by atoms with van der Waals surface area (Å²) < 4.78 is 26.4. The fraction of sp³-hybridized carbons (Fsp3) is 0.562. The number of ketones is 1. The Morgan fingerprint density at radius 3 is 2.82 bits per heavy atom. The number of aromatic nitrogens is 2. The molecule has 28 heavy (non-hydrogen) atoms. The molecule has 0 bridgehead atoms. The lowest BCUT2D eigenvalue weighted by Crippen LogP contribution is -2.24. The molecule has 4 N–H and O–H groups in total. The maximum absolute atomic E-state index is 12.7. The van der Waals surface area contributed by atoms with Crippen LogP contribution in [0.25, 0.3) is 0 Å². The van der Waals surface area contributed by atoms with E-state index < -0.39 is 33.0 Å². The minimum Gasteiger partial charge on any atom is -0.393 e. The molecule has 1 fully saturated rings. The number of hydrogen-bond acceptors (Lipinski definition) is 9. The number of nitrogens with zero attached hydrogens (tertiary/aromatic N) is 2. The Bertz CT molecular complexity index is 857. The number of aliphatic hydroxyl groups excluding tert-OH is 1. The van der Waals surface area contributed by atoms with Crippen LogP contribution in [0, 0.1) is 5.92 Å². The van der Waals surface area contributed by atoms with Gasteiger partial charge in [-0.1, -0.05) is 0 Å². The third kappa shape index (κ3) is 6.98. The van der Waals surface area contributed by atoms with Gasteiger partial charge in [-0.2, -0.15) is 8.42 Å². The minimum absolute atomic E-state index is 0.156. The Labute approximate surface area is 174 Å². The molecule has 156 valence electrons. The van der Waals surface area contributed by atoms with Gasteiger partial charge in [-0.05, 0) is 32.8 Å². The zero-order valence-electron chi connectivity index (χ0n) is 15.4. The average molecular weight is 451 g/mol. The van der Waals surface area contributed by atoms with Gasteiger partial charge >= 0.3 is 10.3 Å². The lowest BCUT2D eigenvalue weighted by molar-refractivity contribution is 0.101. The highest BCUT2D eigenvalue weighted by atomic mass is 35.5. The number of hydrogen-bond donors (Lipinski definition) is 4. The molecule has 0 aromatic carbocycles. The molecule has 12 heteroatoms. The molecule has 0 radical (unpaired) electrons. The number of alkyl halides is 1. The number of allylic oxidation sites excluding steroid dienone is 2. The molecule has 1 aliphatic rings. The van der Waals surface area contributed by atoms with E-state index in [-0.39, 0.29) is 28.9 Å². The second kappa shape index (κ2) is 9.06. The van der Waals surface area contributed by atoms with Gasteiger partial charge in [0.15, 0.2) is 0 Å². The van der Waals surface area contributed by atoms with Crippen molar-refractivity contribution in [2.24, 2.45) is 11.1 Å². The Hall–Kier alpha value is -1.24. The number of carbonyl (C=O) groups excluding carboxylic acids is 1. The van der Waals surface area contributed by atoms with Gasteiger partial charge in [0.2, 0.25) is 5.78 Å². The highest BCUT2D eigenvalue weighted by molar-refractivity contribution is 7.85. The molecule has 0 amide bonds. The predicted octanol–water partition coefficient (Wildman–Crippen LogP) is 1.26. The molecule has 0 unspecified atom stereocenters. The number of Topliss-reactive ketones (excluding diaryl/α,β-unsaturated/α-hetero) is 1. The topological polar surface area (TPSA) is 144 Å². The van der Waals surface area contributed by atoms with E-state index in [9.17, 15) is 18.3 Å². The summed E-state index contributed by atoms with van der Waals surface area (Å²) in [6.07, 6.45) is 4.14. The van der Waals surface area contributed by atoms with Crippen molar-refractivity contribution >= 4 is 46.1 Å². The number of nitrogens with two attached hydrogens (primary N) is 1. The van der Waals surface area contributed by atoms with Crippen molar-refractivity contribution in [3.05, 3.63) is 29.1 Å². The van der Waals surface area contributed by atoms with Crippen LogP contribution in [-0.4, -0.2) is 52.9 Å². The summed E-state index contributed by atoms with van der Waals surface area (Å²) in [6, 6.07) is -0.248. The SMILES string of the molecule is CC(C)(Cl)/C=C(\S)C(=O)c1cncnc1N[C@@H]1C[C@H](COS(N)(=O)=O)[C@@H](O)C1. The second-order valence-electron chi connectivity index (χ2n) is 7.13. The van der Waals surface area contributed by atoms with Gasteiger partial charge < -0.3 is 10.4 Å². The van der Waals surface area contributed by atoms with Crippen molar-refractivity contribution in [3.8, 4) is 0 Å². The summed E-state index contributed by atoms with van der Waals surface area (Å²) in [5, 5.41) is 18.1. The summed E-state index contributed by atoms with van der Waals surface area (Å²) in [7, 11) is -4.08. The molecule has 9 nitrogen and oxygen atoms in total. The van der Waals surface area contributed by atoms with Gasteiger partial charge in [0, 0.05) is 18.2 Å². The molecule has 1 aromatic heterocycles. The standard InChI is InChI=1S/C16H23ClN4O5S2/c1-16(2,17)5-13(27)14(23)11-6-19-8-20-15(11)21-10-3-9(12(22)4-10)7-26-28(18,24)25/h5-6,8-10,12,22,27H,3-4,7H2,1-2H3,(H2,18,24,25)(H,19,20,21)/b13-5-/t9-,10-,12+/m1/s1. The van der Waals surface area contributed by atoms with Gasteiger partial charge in [0.25, 0.3) is 0 Å². The van der Waals surface area contributed by atoms with Crippen molar-refractivity contribution in [3.63, 3.8) is 0 Å². The summed E-state index contributed by atoms with van der Waals surface area (Å²) >= 11 is 10.3. The van der Waals surface area contributed by atoms with E-state index >= 15 is 0 Å². The minimum atomic E-state index is -4.08. The first-order valence-corrected chi connectivity index (χ1v) is 10.7. The molecule has 2 rings (SSSR count). The van der Waals surface area contributed by atoms with Crippen molar-refractivity contribution in [2.75, 3.05) is 11.9 Å². The van der Waals surface area contributed by atoms with Crippen LogP contribution in [-0.2, 0) is 14.5 Å². The summed E-state index contributed by atoms with van der Waals surface area (Å²) in [6.45, 7) is 3.23. The quantitative estimate of drug-likeness (QED) is 0.200. The number of carbonyl (C=O) groups is 1. The average Bonchev–Trinajstić information content (AvgIpc) is 2.90. The van der Waals surface area contributed by atoms with Crippen LogP contribution >= 0.6 is 24.2 Å². The molecular formula is C16H23ClN4O5S2. The maximum Gasteiger partial charge on any atom is 0.333 e. The first kappa shape index (κ1) is 23.0. The molecule has 1 saturated carbocycles. The highest BCUT2D eigenvalue weighted by Gasteiger charge is 2.34. The van der Waals surface area contributed by atoms with E-state index in [1.165, 1.54) is 18.6 Å². The van der Waals surface area contributed by atoms with Crippen LogP contribution in [0.2, 0.25) is 0 Å². The number of thiol groups is 1. The lowest BCUT2D eigenvalue weighted by atomic mass is 10.1. The van der Waals surface area contributed by atoms with Crippen LogP contribution in [0.1, 0.15) is 37.0 Å². The maximum atomic E-state index is 12.7. The molecule has 0 saturated heterocycles. The largest absolute Gasteiger partial charge is 0.393 e. The lowest BCUT2D eigenvalue weighted by Gasteiger charge is -2.16. The van der Waals surface area contributed by atoms with E-state index in [1.54, 1.807) is 13.8 Å². The van der Waals surface area contributed by atoms with Crippen molar-refractivity contribution in [1.29, 1.82) is 0 Å². The smallest absolute Gasteiger partial charge is 0.333 e. The van der Waals surface area contributed by atoms with Crippen LogP contribution in [0.15, 0.2) is 23.5 Å². The molecule has 1 heterocycles. The molecule has 3 atom stereocenters. The number of rotatable bonds is 8. The number of nitrogens with one attached hydrogen (secondary N) is 1. The van der Waals surface area contributed by atoms with Crippen molar-refractivity contribution in [2.45, 2.75) is 43.7 Å². The van der Waals surface area contributed by atoms with Gasteiger partial charge in [0.05, 0.1) is 28.1 Å². The van der Waals surface area contributed by atoms with Crippen LogP contribution in [0.5, 0.6) is 0 Å². The monoisotopic (exact) mass is 450 g/mol. The number of anilines is 1. The van der Waals surface area contributed by atoms with E-state index in [4.69, 9.17) is 16.7 Å². The Morgan fingerprint density at radius 1 is 1.54 bits per heavy atom. The zero-order valence-corrected chi connectivity index (χ0v) is 17.8. The van der Waals surface area contributed by atoms with Crippen LogP contribution in [0.3, 0.4) is 0 Å². The fourth-order valence-electron chi connectivity index (χ4n) is 2.91. The first-order chi connectivity index (χ1) is 12.9. The first-order valence-electron chi connectivity index (χ1n) is 8.43. The molecule has 0 aliphatic heterocycles. The molecule has 1 aliphatic carbocycles. The van der Waals surface area contributed by atoms with Crippen LogP contribution in [0.4, 0.5) is 5.82 Å². The fourth-order valence-corrected chi connectivity index (χ4v) is 3.91. The molecular weight excluding hydrogens is 428 g/mol. The Balaban J connectivity index is 2.12. The Kier molecular flexibility index (Phi) is 7.45. The molecule has 1 aromatic rings. The van der Waals surface area contributed by atoms with Gasteiger partial charge in [-0.15, -0.1) is 24.2 Å². The third-order valence-corrected chi connectivity index (χ3v) is 5.02. The normalized spacial score (nSPS) is 23.6. The second-order valence-corrected chi connectivity index (χ2v) is 9.80. The van der Waals surface area contributed by atoms with E-state index in [0.29, 0.717) is 12.8 Å². The van der Waals surface area contributed by atoms with E-state index in [2.05, 4.69) is 32.1 Å². The van der Waals surface area contributed by atoms with Gasteiger partial charge in [-0.25, -0.2) is 15.1 Å². The van der Waals surface area contributed by atoms with E-state index in [0.717, 1.165) is 0 Å². The summed E-state index contributed by atoms with van der Waals surface area (Å²) in [5.41, 5.74) is 0.211. The van der Waals surface area contributed by atoms with Crippen molar-refractivity contribution in [1.82, 2.24) is 9.97 Å². The summed E-state index contributed by atoms with van der Waals surface area (Å²) in [5.74, 6) is -0.528. The number of halogens is 1. The van der Waals surface area contributed by atoms with E-state index in [1.807, 2.05) is 0 Å². The van der Waals surface area contributed by atoms with Gasteiger partial charge in [0.1, 0.15) is 12.1 Å². The van der Waals surface area contributed by atoms with Crippen molar-refractivity contribution < 1.29 is 22.5 Å². The number of aliphatic hydroxyl groups is 1. The molecule has 0 spiro atoms. The Morgan fingerprint density at radius 2 is 2.21 bits per heavy atom. The zero-order chi connectivity index (χ0) is 21.1. The van der Waals surface area contributed by atoms with Crippen LogP contribution < -0.4 is 10.5 Å². The predicted molar refractivity (Wildman–Crippen MR) is 109 cm³/mol. The summed E-state index contributed by atoms with van der Waals surface area (Å²) in [4.78, 5) is 20.1.